The topological polar surface area (TPSA) is 119 Å². The average molecular weight is 591 g/mol. The molecule has 0 aliphatic heterocycles. The third-order valence-electron chi connectivity index (χ3n) is 4.60. The van der Waals surface area contributed by atoms with Crippen molar-refractivity contribution in [3.05, 3.63) is 95.9 Å². The summed E-state index contributed by atoms with van der Waals surface area (Å²) in [6.07, 6.45) is 3.50. The molecule has 8 nitrogen and oxygen atoms in total. The Bertz CT molecular complexity index is 1470. The van der Waals surface area contributed by atoms with Gasteiger partial charge in [0.25, 0.3) is 0 Å². The molecule has 12 heteroatoms. The van der Waals surface area contributed by atoms with Gasteiger partial charge in [0.2, 0.25) is 11.1 Å². The monoisotopic (exact) mass is 590 g/mol. The standard InChI is InChI=1S/C12H11NO2S.C6H7BO3S.C6H6BrNO/c1-8(14)10-4-5-11(16-10)9-3-6-12(15)13(2)7-9;1-4(8)5-2-3-6(11-5)7(9)10;1-8-4-5(7)2-3-6(8)9/h3-7H,1-2H3;2-3,9-10H,1H3;2-4H,1H3. The van der Waals surface area contributed by atoms with E-state index >= 15 is 0 Å². The number of nitrogens with zero attached hydrogens (tertiary/aromatic N) is 2. The smallest absolute Gasteiger partial charge is 0.423 e. The highest BCUT2D eigenvalue weighted by Gasteiger charge is 2.14. The van der Waals surface area contributed by atoms with E-state index in [0.29, 0.717) is 9.65 Å². The van der Waals surface area contributed by atoms with Gasteiger partial charge in [-0.1, -0.05) is 6.07 Å². The van der Waals surface area contributed by atoms with E-state index in [0.717, 1.165) is 31.1 Å². The van der Waals surface area contributed by atoms with Gasteiger partial charge in [-0.2, -0.15) is 0 Å². The Labute approximate surface area is 224 Å². The van der Waals surface area contributed by atoms with Crippen LogP contribution in [0.2, 0.25) is 0 Å². The van der Waals surface area contributed by atoms with Crippen molar-refractivity contribution in [1.29, 1.82) is 0 Å². The van der Waals surface area contributed by atoms with Gasteiger partial charge in [0.05, 0.1) is 9.75 Å². The van der Waals surface area contributed by atoms with Crippen molar-refractivity contribution in [2.75, 3.05) is 0 Å². The molecule has 2 N–H and O–H groups in total. The molecule has 0 spiro atoms. The van der Waals surface area contributed by atoms with Crippen molar-refractivity contribution < 1.29 is 19.6 Å². The Morgan fingerprint density at radius 3 is 1.72 bits per heavy atom. The SMILES string of the molecule is CC(=O)c1ccc(-c2ccc(=O)n(C)c2)s1.CC(=O)c1ccc(B(O)O)s1.Cn1cc(Br)ccc1=O. The molecule has 188 valence electrons. The average Bonchev–Trinajstić information content (AvgIpc) is 3.50. The lowest BCUT2D eigenvalue weighted by Gasteiger charge is -2.00. The fourth-order valence-electron chi connectivity index (χ4n) is 2.66. The first-order chi connectivity index (χ1) is 16.9. The van der Waals surface area contributed by atoms with E-state index in [9.17, 15) is 19.2 Å². The van der Waals surface area contributed by atoms with Crippen LogP contribution >= 0.6 is 38.6 Å². The van der Waals surface area contributed by atoms with Gasteiger partial charge >= 0.3 is 7.12 Å². The Morgan fingerprint density at radius 1 is 0.778 bits per heavy atom. The summed E-state index contributed by atoms with van der Waals surface area (Å²) in [5.74, 6) is 0.0166. The van der Waals surface area contributed by atoms with Crippen LogP contribution in [0.1, 0.15) is 33.2 Å². The summed E-state index contributed by atoms with van der Waals surface area (Å²) >= 11 is 5.78. The van der Waals surface area contributed by atoms with Gasteiger partial charge in [0, 0.05) is 58.3 Å². The fourth-order valence-corrected chi connectivity index (χ4v) is 4.77. The molecule has 4 aromatic heterocycles. The predicted octanol–water partition coefficient (Wildman–Crippen LogP) is 3.09. The molecule has 0 aromatic carbocycles. The Balaban J connectivity index is 0.000000200. The lowest BCUT2D eigenvalue weighted by molar-refractivity contribution is 0.101. The number of aromatic nitrogens is 2. The van der Waals surface area contributed by atoms with Crippen LogP contribution in [0.25, 0.3) is 10.4 Å². The van der Waals surface area contributed by atoms with Gasteiger partial charge in [-0.25, -0.2) is 0 Å². The fraction of sp³-hybridized carbons (Fsp3) is 0.167. The maximum Gasteiger partial charge on any atom is 0.499 e. The zero-order valence-electron chi connectivity index (χ0n) is 20.0. The van der Waals surface area contributed by atoms with E-state index in [2.05, 4.69) is 15.9 Å². The third-order valence-corrected chi connectivity index (χ3v) is 7.53. The summed E-state index contributed by atoms with van der Waals surface area (Å²) in [6.45, 7) is 3.00. The Morgan fingerprint density at radius 2 is 1.31 bits per heavy atom. The van der Waals surface area contributed by atoms with E-state index in [4.69, 9.17) is 10.0 Å². The Kier molecular flexibility index (Phi) is 10.9. The summed E-state index contributed by atoms with van der Waals surface area (Å²) in [5, 5.41) is 17.3. The summed E-state index contributed by atoms with van der Waals surface area (Å²) < 4.78 is 4.37. The number of halogens is 1. The number of Topliss-reactive ketones (excluding diaryl/α,β-unsaturated/α-hetero) is 2. The lowest BCUT2D eigenvalue weighted by atomic mass is 9.90. The molecule has 0 saturated carbocycles. The van der Waals surface area contributed by atoms with Crippen LogP contribution in [0.5, 0.6) is 0 Å². The largest absolute Gasteiger partial charge is 0.499 e. The molecule has 4 aromatic rings. The lowest BCUT2D eigenvalue weighted by Crippen LogP contribution is -2.26. The molecule has 0 bridgehead atoms. The number of hydrogen-bond acceptors (Lipinski definition) is 8. The van der Waals surface area contributed by atoms with Crippen molar-refractivity contribution >= 4 is 62.1 Å². The molecule has 0 saturated heterocycles. The van der Waals surface area contributed by atoms with Crippen LogP contribution in [0.15, 0.2) is 75.0 Å². The number of aryl methyl sites for hydroxylation is 2. The van der Waals surface area contributed by atoms with Crippen LogP contribution in [0.4, 0.5) is 0 Å². The summed E-state index contributed by atoms with van der Waals surface area (Å²) in [5.41, 5.74) is 0.935. The molecule has 0 fully saturated rings. The zero-order valence-corrected chi connectivity index (χ0v) is 23.2. The van der Waals surface area contributed by atoms with Gasteiger partial charge in [-0.15, -0.1) is 22.7 Å². The van der Waals surface area contributed by atoms with Crippen LogP contribution in [0, 0.1) is 0 Å². The van der Waals surface area contributed by atoms with Crippen molar-refractivity contribution in [3.8, 4) is 10.4 Å². The summed E-state index contributed by atoms with van der Waals surface area (Å²) in [7, 11) is 1.96. The van der Waals surface area contributed by atoms with E-state index < -0.39 is 7.12 Å². The van der Waals surface area contributed by atoms with E-state index in [1.807, 2.05) is 12.1 Å². The minimum atomic E-state index is -1.46. The number of carbonyl (C=O) groups is 2. The second-order valence-electron chi connectivity index (χ2n) is 7.52. The molecule has 4 rings (SSSR count). The number of carbonyl (C=O) groups excluding carboxylic acids is 2. The van der Waals surface area contributed by atoms with E-state index in [1.165, 1.54) is 45.6 Å². The molecule has 4 heterocycles. The maximum atomic E-state index is 11.2. The molecule has 0 amide bonds. The summed E-state index contributed by atoms with van der Waals surface area (Å²) in [6, 6.07) is 13.4. The van der Waals surface area contributed by atoms with Crippen LogP contribution in [-0.4, -0.2) is 37.9 Å². The normalized spacial score (nSPS) is 9.97. The minimum Gasteiger partial charge on any atom is -0.423 e. The van der Waals surface area contributed by atoms with E-state index in [-0.39, 0.29) is 22.7 Å². The van der Waals surface area contributed by atoms with Crippen molar-refractivity contribution in [3.63, 3.8) is 0 Å². The highest BCUT2D eigenvalue weighted by atomic mass is 79.9. The van der Waals surface area contributed by atoms with Crippen molar-refractivity contribution in [2.24, 2.45) is 14.1 Å². The predicted molar refractivity (Wildman–Crippen MR) is 149 cm³/mol. The molecular weight excluding hydrogens is 567 g/mol. The number of thiophene rings is 2. The van der Waals surface area contributed by atoms with Gasteiger partial charge in [0.15, 0.2) is 11.6 Å². The van der Waals surface area contributed by atoms with Crippen LogP contribution in [0.3, 0.4) is 0 Å². The number of pyridine rings is 2. The van der Waals surface area contributed by atoms with Crippen molar-refractivity contribution in [2.45, 2.75) is 13.8 Å². The second kappa shape index (κ2) is 13.4. The first kappa shape index (κ1) is 29.3. The molecule has 0 atom stereocenters. The Hall–Kier alpha value is -2.90. The zero-order chi connectivity index (χ0) is 27.0. The molecule has 0 unspecified atom stereocenters. The molecule has 36 heavy (non-hydrogen) atoms. The summed E-state index contributed by atoms with van der Waals surface area (Å²) in [4.78, 5) is 46.1. The highest BCUT2D eigenvalue weighted by molar-refractivity contribution is 9.10. The molecule has 0 aliphatic carbocycles. The second-order valence-corrected chi connectivity index (χ2v) is 10.6. The molecule has 0 aliphatic rings. The number of hydrogen-bond donors (Lipinski definition) is 2. The van der Waals surface area contributed by atoms with Gasteiger partial charge in [0.1, 0.15) is 0 Å². The quantitative estimate of drug-likeness (QED) is 0.278. The maximum absolute atomic E-state index is 11.2. The number of rotatable bonds is 4. The molecular formula is C24H24BBrN2O6S2. The van der Waals surface area contributed by atoms with E-state index in [1.54, 1.807) is 51.6 Å². The van der Waals surface area contributed by atoms with Crippen LogP contribution in [-0.2, 0) is 14.1 Å². The molecule has 0 radical (unpaired) electrons. The van der Waals surface area contributed by atoms with Crippen molar-refractivity contribution in [1.82, 2.24) is 9.13 Å². The highest BCUT2D eigenvalue weighted by Crippen LogP contribution is 2.27. The number of ketones is 2. The first-order valence-corrected chi connectivity index (χ1v) is 12.9. The third kappa shape index (κ3) is 8.64. The van der Waals surface area contributed by atoms with Gasteiger partial charge in [-0.05, 0) is 60.1 Å². The van der Waals surface area contributed by atoms with Crippen LogP contribution < -0.4 is 15.9 Å². The minimum absolute atomic E-state index is 0.0122. The van der Waals surface area contributed by atoms with Gasteiger partial charge in [-0.3, -0.25) is 19.2 Å². The van der Waals surface area contributed by atoms with Gasteiger partial charge < -0.3 is 19.2 Å². The first-order valence-electron chi connectivity index (χ1n) is 10.5.